The van der Waals surface area contributed by atoms with Crippen LogP contribution in [0.25, 0.3) is 0 Å². The third kappa shape index (κ3) is 2.29. The van der Waals surface area contributed by atoms with E-state index >= 15 is 0 Å². The molecule has 3 aromatic carbocycles. The van der Waals surface area contributed by atoms with E-state index in [2.05, 4.69) is 31.2 Å². The van der Waals surface area contributed by atoms with Gasteiger partial charge >= 0.3 is 148 Å². The Hall–Kier alpha value is -2.00. The van der Waals surface area contributed by atoms with Crippen molar-refractivity contribution in [2.24, 2.45) is 0 Å². The molecule has 1 heterocycles. The molecule has 0 bridgehead atoms. The van der Waals surface area contributed by atoms with E-state index in [1.54, 1.807) is 6.07 Å². The van der Waals surface area contributed by atoms with Crippen LogP contribution in [0.3, 0.4) is 0 Å². The first-order valence-corrected chi connectivity index (χ1v) is 11.7. The zero-order valence-corrected chi connectivity index (χ0v) is 15.6. The van der Waals surface area contributed by atoms with Crippen molar-refractivity contribution in [2.45, 2.75) is 17.5 Å². The van der Waals surface area contributed by atoms with Crippen LogP contribution < -0.4 is 15.9 Å². The van der Waals surface area contributed by atoms with Crippen LogP contribution in [-0.2, 0) is 10.1 Å². The molecule has 3 aromatic rings. The van der Waals surface area contributed by atoms with Crippen LogP contribution in [-0.4, -0.2) is 13.0 Å². The molecule has 0 saturated carbocycles. The van der Waals surface area contributed by atoms with E-state index in [4.69, 9.17) is 0 Å². The van der Waals surface area contributed by atoms with Gasteiger partial charge in [-0.25, -0.2) is 0 Å². The molecule has 128 valence electrons. The topological polar surface area (TPSA) is 54.4 Å². The summed E-state index contributed by atoms with van der Waals surface area (Å²) < 4.78 is 33.3. The van der Waals surface area contributed by atoms with Crippen molar-refractivity contribution >= 4 is 33.3 Å². The van der Waals surface area contributed by atoms with Crippen LogP contribution >= 0.6 is 7.26 Å². The van der Waals surface area contributed by atoms with Crippen LogP contribution in [0.2, 0.25) is 0 Å². The van der Waals surface area contributed by atoms with E-state index < -0.39 is 17.4 Å². The standard InChI is InChI=1S/C20H19O3PS/c1-15-20-18(13-8-14-19(20)25(21,22)23)24(15,16-9-4-2-5-10-16)17-11-6-3-7-12-17/h2-15,24H,1H3,(H,21,22,23). The Balaban J connectivity index is 2.06. The predicted octanol–water partition coefficient (Wildman–Crippen LogP) is 3.03. The zero-order valence-electron chi connectivity index (χ0n) is 13.8. The van der Waals surface area contributed by atoms with Gasteiger partial charge < -0.3 is 0 Å². The minimum absolute atomic E-state index is 0.0486. The fraction of sp³-hybridized carbons (Fsp3) is 0.100. The average molecular weight is 370 g/mol. The molecule has 1 atom stereocenters. The van der Waals surface area contributed by atoms with E-state index in [1.807, 2.05) is 42.5 Å². The quantitative estimate of drug-likeness (QED) is 0.570. The summed E-state index contributed by atoms with van der Waals surface area (Å²) in [6.07, 6.45) is 0. The second kappa shape index (κ2) is 5.77. The number of hydrogen-bond acceptors (Lipinski definition) is 2. The van der Waals surface area contributed by atoms with E-state index in [9.17, 15) is 13.0 Å². The summed E-state index contributed by atoms with van der Waals surface area (Å²) in [5.74, 6) is 0. The third-order valence-electron chi connectivity index (χ3n) is 5.31. The van der Waals surface area contributed by atoms with Gasteiger partial charge in [0, 0.05) is 0 Å². The molecule has 0 saturated heterocycles. The summed E-state index contributed by atoms with van der Waals surface area (Å²) in [7, 11) is -6.53. The minimum atomic E-state index is -4.23. The van der Waals surface area contributed by atoms with Gasteiger partial charge in [0.15, 0.2) is 0 Å². The SMILES string of the molecule is CC1c2c(cccc2S(=O)(=O)O)[PH]1(c1ccccc1)c1ccccc1. The number of benzene rings is 3. The Kier molecular flexibility index (Phi) is 3.80. The van der Waals surface area contributed by atoms with Gasteiger partial charge in [-0.15, -0.1) is 0 Å². The molecule has 0 aliphatic carbocycles. The Morgan fingerprint density at radius 2 is 1.32 bits per heavy atom. The number of hydrogen-bond donors (Lipinski definition) is 1. The molecular weight excluding hydrogens is 351 g/mol. The van der Waals surface area contributed by atoms with Crippen molar-refractivity contribution < 1.29 is 13.0 Å². The van der Waals surface area contributed by atoms with Gasteiger partial charge in [-0.2, -0.15) is 0 Å². The molecule has 0 radical (unpaired) electrons. The van der Waals surface area contributed by atoms with E-state index in [0.717, 1.165) is 10.9 Å². The van der Waals surface area contributed by atoms with Crippen LogP contribution in [0.4, 0.5) is 0 Å². The Labute approximate surface area is 148 Å². The first-order valence-electron chi connectivity index (χ1n) is 8.19. The Bertz CT molecular complexity index is 992. The number of fused-ring (bicyclic) bond motifs is 1. The van der Waals surface area contributed by atoms with E-state index in [0.29, 0.717) is 0 Å². The monoisotopic (exact) mass is 370 g/mol. The molecule has 25 heavy (non-hydrogen) atoms. The summed E-state index contributed by atoms with van der Waals surface area (Å²) in [4.78, 5) is 0.0486. The van der Waals surface area contributed by atoms with Crippen LogP contribution in [0, 0.1) is 0 Å². The summed E-state index contributed by atoms with van der Waals surface area (Å²) in [6, 6.07) is 25.9. The molecule has 0 amide bonds. The summed E-state index contributed by atoms with van der Waals surface area (Å²) in [6.45, 7) is 2.09. The van der Waals surface area contributed by atoms with Crippen molar-refractivity contribution in [1.82, 2.24) is 0 Å². The normalized spacial score (nSPS) is 19.5. The molecule has 4 rings (SSSR count). The van der Waals surface area contributed by atoms with E-state index in [-0.39, 0.29) is 10.6 Å². The Morgan fingerprint density at radius 1 is 0.800 bits per heavy atom. The molecule has 5 heteroatoms. The molecular formula is C20H19O3PS. The molecule has 0 fully saturated rings. The van der Waals surface area contributed by atoms with Gasteiger partial charge in [0.05, 0.1) is 0 Å². The second-order valence-corrected chi connectivity index (χ2v) is 12.0. The van der Waals surface area contributed by atoms with Crippen LogP contribution in [0.15, 0.2) is 83.8 Å². The van der Waals surface area contributed by atoms with Crippen LogP contribution in [0.5, 0.6) is 0 Å². The average Bonchev–Trinajstić information content (AvgIpc) is 2.62. The second-order valence-electron chi connectivity index (χ2n) is 6.45. The van der Waals surface area contributed by atoms with E-state index in [1.165, 1.54) is 16.7 Å². The first-order chi connectivity index (χ1) is 12.0. The van der Waals surface area contributed by atoms with Gasteiger partial charge in [0.1, 0.15) is 0 Å². The maximum absolute atomic E-state index is 11.8. The fourth-order valence-corrected chi connectivity index (χ4v) is 10.8. The molecule has 0 spiro atoms. The van der Waals surface area contributed by atoms with Gasteiger partial charge in [-0.1, -0.05) is 0 Å². The van der Waals surface area contributed by atoms with Gasteiger partial charge in [0.2, 0.25) is 0 Å². The number of rotatable bonds is 3. The van der Waals surface area contributed by atoms with Crippen molar-refractivity contribution in [3.8, 4) is 0 Å². The van der Waals surface area contributed by atoms with Crippen molar-refractivity contribution in [2.75, 3.05) is 0 Å². The summed E-state index contributed by atoms with van der Waals surface area (Å²) in [5.41, 5.74) is 0.829. The molecule has 0 aromatic heterocycles. The van der Waals surface area contributed by atoms with Gasteiger partial charge in [-0.05, 0) is 0 Å². The predicted molar refractivity (Wildman–Crippen MR) is 105 cm³/mol. The van der Waals surface area contributed by atoms with Gasteiger partial charge in [0.25, 0.3) is 0 Å². The zero-order chi connectivity index (χ0) is 17.7. The summed E-state index contributed by atoms with van der Waals surface area (Å²) >= 11 is 0. The third-order valence-corrected chi connectivity index (χ3v) is 11.6. The molecule has 1 aliphatic heterocycles. The van der Waals surface area contributed by atoms with Crippen molar-refractivity contribution in [3.05, 3.63) is 84.4 Å². The first kappa shape index (κ1) is 16.5. The molecule has 1 N–H and O–H groups in total. The molecule has 1 unspecified atom stereocenters. The molecule has 1 aliphatic rings. The molecule has 3 nitrogen and oxygen atoms in total. The van der Waals surface area contributed by atoms with Gasteiger partial charge in [-0.3, -0.25) is 0 Å². The van der Waals surface area contributed by atoms with Crippen molar-refractivity contribution in [1.29, 1.82) is 0 Å². The summed E-state index contributed by atoms with van der Waals surface area (Å²) in [5, 5.41) is 3.59. The van der Waals surface area contributed by atoms with Crippen LogP contribution in [0.1, 0.15) is 18.1 Å². The fourth-order valence-electron chi connectivity index (χ4n) is 4.31. The van der Waals surface area contributed by atoms with Crippen molar-refractivity contribution in [3.63, 3.8) is 0 Å². The maximum atomic E-state index is 11.8. The Morgan fingerprint density at radius 3 is 1.80 bits per heavy atom.